The number of para-hydroxylation sites is 1. The van der Waals surface area contributed by atoms with E-state index < -0.39 is 15.6 Å². The van der Waals surface area contributed by atoms with Gasteiger partial charge in [-0.25, -0.2) is 18.1 Å². The molecule has 0 atom stereocenters. The largest absolute Gasteiger partial charge is 0.385 e. The number of nitrogens with one attached hydrogen (secondary N) is 1. The van der Waals surface area contributed by atoms with Gasteiger partial charge in [0.15, 0.2) is 5.82 Å². The molecule has 3 heterocycles. The molecule has 3 aromatic heterocycles. The summed E-state index contributed by atoms with van der Waals surface area (Å²) in [7, 11) is -2.11. The van der Waals surface area contributed by atoms with E-state index in [1.165, 1.54) is 17.1 Å². The first kappa shape index (κ1) is 18.8. The molecule has 0 radical (unpaired) electrons. The quantitative estimate of drug-likeness (QED) is 0.508. The van der Waals surface area contributed by atoms with Gasteiger partial charge in [0, 0.05) is 18.6 Å². The molecule has 5 rings (SSSR count). The van der Waals surface area contributed by atoms with Gasteiger partial charge in [-0.05, 0) is 43.0 Å². The molecule has 0 unspecified atom stereocenters. The number of rotatable bonds is 5. The van der Waals surface area contributed by atoms with Crippen LogP contribution in [0, 0.1) is 0 Å². The van der Waals surface area contributed by atoms with Gasteiger partial charge in [-0.3, -0.25) is 9.40 Å². The van der Waals surface area contributed by atoms with Crippen LogP contribution in [0.2, 0.25) is 0 Å². The molecule has 0 spiro atoms. The average Bonchev–Trinajstić information content (AvgIpc) is 3.35. The third-order valence-corrected chi connectivity index (χ3v) is 6.89. The predicted molar refractivity (Wildman–Crippen MR) is 111 cm³/mol. The maximum atomic E-state index is 13.0. The van der Waals surface area contributed by atoms with Crippen molar-refractivity contribution in [2.75, 3.05) is 4.72 Å². The lowest BCUT2D eigenvalue weighted by Crippen LogP contribution is -2.33. The number of anilines is 1. The fourth-order valence-corrected chi connectivity index (χ4v) is 4.72. The van der Waals surface area contributed by atoms with Gasteiger partial charge in [0.1, 0.15) is 4.90 Å². The van der Waals surface area contributed by atoms with Crippen LogP contribution in [0.5, 0.6) is 0 Å². The van der Waals surface area contributed by atoms with Crippen molar-refractivity contribution in [3.8, 4) is 5.82 Å². The first-order valence-corrected chi connectivity index (χ1v) is 11.0. The van der Waals surface area contributed by atoms with Crippen LogP contribution >= 0.6 is 0 Å². The van der Waals surface area contributed by atoms with Gasteiger partial charge in [0.25, 0.3) is 10.0 Å². The molecule has 4 aromatic rings. The summed E-state index contributed by atoms with van der Waals surface area (Å²) in [6, 6.07) is 8.85. The number of aromatic nitrogens is 5. The Balaban J connectivity index is 1.46. The number of aryl methyl sites for hydroxylation is 1. The zero-order chi connectivity index (χ0) is 20.9. The van der Waals surface area contributed by atoms with Crippen molar-refractivity contribution < 1.29 is 13.5 Å². The number of benzene rings is 1. The monoisotopic (exact) mass is 424 g/mol. The van der Waals surface area contributed by atoms with Crippen molar-refractivity contribution in [2.45, 2.75) is 29.8 Å². The number of sulfonamides is 1. The van der Waals surface area contributed by atoms with Gasteiger partial charge in [-0.1, -0.05) is 12.1 Å². The molecule has 154 valence electrons. The summed E-state index contributed by atoms with van der Waals surface area (Å²) in [5, 5.41) is 19.8. The van der Waals surface area contributed by atoms with E-state index in [-0.39, 0.29) is 4.90 Å². The van der Waals surface area contributed by atoms with Crippen LogP contribution in [0.4, 0.5) is 5.69 Å². The SMILES string of the molecule is Cn1ncc2cccc(NS(=O)(=O)c3cnn(-c4cc(C5(O)CCC5)ccn4)c3)c21. The number of fused-ring (bicyclic) bond motifs is 1. The molecule has 0 bridgehead atoms. The van der Waals surface area contributed by atoms with Crippen LogP contribution in [0.25, 0.3) is 16.7 Å². The molecule has 0 aliphatic heterocycles. The summed E-state index contributed by atoms with van der Waals surface area (Å²) in [5.41, 5.74) is 1.06. The molecular weight excluding hydrogens is 404 g/mol. The summed E-state index contributed by atoms with van der Waals surface area (Å²) in [6.45, 7) is 0. The highest BCUT2D eigenvalue weighted by Gasteiger charge is 2.36. The van der Waals surface area contributed by atoms with E-state index in [0.29, 0.717) is 29.9 Å². The highest BCUT2D eigenvalue weighted by Crippen LogP contribution is 2.41. The van der Waals surface area contributed by atoms with Gasteiger partial charge in [-0.2, -0.15) is 10.2 Å². The van der Waals surface area contributed by atoms with E-state index in [9.17, 15) is 13.5 Å². The van der Waals surface area contributed by atoms with E-state index in [0.717, 1.165) is 17.4 Å². The topological polar surface area (TPSA) is 115 Å². The molecule has 10 heteroatoms. The van der Waals surface area contributed by atoms with Crippen molar-refractivity contribution in [2.24, 2.45) is 7.05 Å². The van der Waals surface area contributed by atoms with E-state index >= 15 is 0 Å². The smallest absolute Gasteiger partial charge is 0.265 e. The zero-order valence-electron chi connectivity index (χ0n) is 16.2. The molecule has 1 aromatic carbocycles. The Hall–Kier alpha value is -3.24. The summed E-state index contributed by atoms with van der Waals surface area (Å²) < 4.78 is 31.5. The van der Waals surface area contributed by atoms with Gasteiger partial charge in [0.2, 0.25) is 0 Å². The maximum Gasteiger partial charge on any atom is 0.265 e. The molecular formula is C20H20N6O3S. The second kappa shape index (κ2) is 6.64. The van der Waals surface area contributed by atoms with Crippen molar-refractivity contribution in [1.82, 2.24) is 24.5 Å². The summed E-state index contributed by atoms with van der Waals surface area (Å²) >= 11 is 0. The number of pyridine rings is 1. The molecule has 1 aliphatic carbocycles. The van der Waals surface area contributed by atoms with E-state index in [1.807, 2.05) is 6.07 Å². The van der Waals surface area contributed by atoms with Crippen LogP contribution in [-0.4, -0.2) is 38.1 Å². The lowest BCUT2D eigenvalue weighted by Gasteiger charge is -2.37. The normalized spacial score (nSPS) is 15.8. The minimum atomic E-state index is -3.87. The van der Waals surface area contributed by atoms with Crippen molar-refractivity contribution in [3.05, 3.63) is 60.7 Å². The highest BCUT2D eigenvalue weighted by molar-refractivity contribution is 7.92. The lowest BCUT2D eigenvalue weighted by atomic mass is 9.75. The first-order valence-electron chi connectivity index (χ1n) is 9.53. The van der Waals surface area contributed by atoms with Gasteiger partial charge >= 0.3 is 0 Å². The Bertz CT molecular complexity index is 1350. The van der Waals surface area contributed by atoms with E-state index in [1.54, 1.807) is 48.4 Å². The summed E-state index contributed by atoms with van der Waals surface area (Å²) in [6.07, 6.45) is 8.35. The number of hydrogen-bond donors (Lipinski definition) is 2. The van der Waals surface area contributed by atoms with Gasteiger partial charge in [0.05, 0.1) is 35.4 Å². The summed E-state index contributed by atoms with van der Waals surface area (Å²) in [4.78, 5) is 4.28. The zero-order valence-corrected chi connectivity index (χ0v) is 17.0. The molecule has 30 heavy (non-hydrogen) atoms. The van der Waals surface area contributed by atoms with Crippen LogP contribution in [0.15, 0.2) is 60.0 Å². The van der Waals surface area contributed by atoms with Gasteiger partial charge < -0.3 is 5.11 Å². The Morgan fingerprint density at radius 1 is 1.17 bits per heavy atom. The second-order valence-electron chi connectivity index (χ2n) is 7.53. The molecule has 2 N–H and O–H groups in total. The molecule has 0 amide bonds. The molecule has 0 saturated heterocycles. The van der Waals surface area contributed by atoms with E-state index in [4.69, 9.17) is 0 Å². The summed E-state index contributed by atoms with van der Waals surface area (Å²) in [5.74, 6) is 0.447. The van der Waals surface area contributed by atoms with E-state index in [2.05, 4.69) is 19.9 Å². The van der Waals surface area contributed by atoms with Crippen LogP contribution in [0.1, 0.15) is 24.8 Å². The number of nitrogens with zero attached hydrogens (tertiary/aromatic N) is 5. The van der Waals surface area contributed by atoms with Crippen LogP contribution in [0.3, 0.4) is 0 Å². The predicted octanol–water partition coefficient (Wildman–Crippen LogP) is 2.33. The Labute approximate surface area is 173 Å². The second-order valence-corrected chi connectivity index (χ2v) is 9.21. The Morgan fingerprint density at radius 2 is 2.00 bits per heavy atom. The number of hydrogen-bond acceptors (Lipinski definition) is 6. The van der Waals surface area contributed by atoms with Crippen LogP contribution in [-0.2, 0) is 22.7 Å². The maximum absolute atomic E-state index is 13.0. The third-order valence-electron chi connectivity index (χ3n) is 5.57. The Morgan fingerprint density at radius 3 is 2.77 bits per heavy atom. The molecule has 9 nitrogen and oxygen atoms in total. The highest BCUT2D eigenvalue weighted by atomic mass is 32.2. The minimum absolute atomic E-state index is 0.0104. The van der Waals surface area contributed by atoms with Gasteiger partial charge in [-0.15, -0.1) is 0 Å². The van der Waals surface area contributed by atoms with Crippen molar-refractivity contribution in [3.63, 3.8) is 0 Å². The van der Waals surface area contributed by atoms with Crippen molar-refractivity contribution >= 4 is 26.6 Å². The number of aliphatic hydroxyl groups is 1. The fraction of sp³-hybridized carbons (Fsp3) is 0.250. The molecule has 1 saturated carbocycles. The standard InChI is InChI=1S/C20H20N6O3S/c1-25-19-14(11-22-25)4-2-5-17(19)24-30(28,29)16-12-23-26(13-16)18-10-15(6-9-21-18)20(27)7-3-8-20/h2,4-6,9-13,24,27H,3,7-8H2,1H3. The fourth-order valence-electron chi connectivity index (χ4n) is 3.72. The molecule has 1 fully saturated rings. The van der Waals surface area contributed by atoms with Crippen LogP contribution < -0.4 is 4.72 Å². The first-order chi connectivity index (χ1) is 14.4. The molecule has 1 aliphatic rings. The minimum Gasteiger partial charge on any atom is -0.385 e. The van der Waals surface area contributed by atoms with Crippen molar-refractivity contribution in [1.29, 1.82) is 0 Å². The lowest BCUT2D eigenvalue weighted by molar-refractivity contribution is -0.0388. The third kappa shape index (κ3) is 3.04. The Kier molecular flexibility index (Phi) is 4.16. The average molecular weight is 424 g/mol.